The number of carboxylic acid groups (broad SMARTS) is 1. The highest BCUT2D eigenvalue weighted by molar-refractivity contribution is 5.94. The molecule has 0 saturated carbocycles. The second-order valence-corrected chi connectivity index (χ2v) is 3.70. The lowest BCUT2D eigenvalue weighted by molar-refractivity contribution is -0.148. The van der Waals surface area contributed by atoms with Crippen molar-refractivity contribution in [2.24, 2.45) is 0 Å². The molecule has 7 heteroatoms. The van der Waals surface area contributed by atoms with Crippen LogP contribution in [0.1, 0.15) is 22.3 Å². The molecule has 19 heavy (non-hydrogen) atoms. The van der Waals surface area contributed by atoms with Gasteiger partial charge in [0.15, 0.2) is 6.10 Å². The first-order chi connectivity index (χ1) is 8.95. The predicted molar refractivity (Wildman–Crippen MR) is 62.2 cm³/mol. The van der Waals surface area contributed by atoms with Crippen LogP contribution in [0.2, 0.25) is 0 Å². The number of amides is 1. The molecule has 1 aromatic rings. The Morgan fingerprint density at radius 1 is 1.42 bits per heavy atom. The van der Waals surface area contributed by atoms with Gasteiger partial charge in [0, 0.05) is 18.2 Å². The number of carbonyl (C=O) groups is 2. The molecule has 1 amide bonds. The zero-order valence-electron chi connectivity index (χ0n) is 10.1. The van der Waals surface area contributed by atoms with Crippen LogP contribution in [0.4, 0.5) is 8.78 Å². The second-order valence-electron chi connectivity index (χ2n) is 3.70. The van der Waals surface area contributed by atoms with Gasteiger partial charge < -0.3 is 15.2 Å². The third-order valence-corrected chi connectivity index (χ3v) is 2.41. The molecule has 0 aliphatic rings. The molecule has 5 nitrogen and oxygen atoms in total. The minimum atomic E-state index is -2.67. The summed E-state index contributed by atoms with van der Waals surface area (Å²) in [5.74, 6) is -1.85. The Bertz CT molecular complexity index is 465. The highest BCUT2D eigenvalue weighted by atomic mass is 19.3. The number of carboxylic acids is 1. The van der Waals surface area contributed by atoms with Gasteiger partial charge in [-0.25, -0.2) is 13.6 Å². The maximum absolute atomic E-state index is 12.5. The van der Waals surface area contributed by atoms with Gasteiger partial charge in [-0.05, 0) is 12.1 Å². The zero-order chi connectivity index (χ0) is 14.4. The number of rotatable bonds is 6. The molecular formula is C12H13F2NO4. The first-order valence-corrected chi connectivity index (χ1v) is 5.37. The quantitative estimate of drug-likeness (QED) is 0.822. The number of hydrogen-bond donors (Lipinski definition) is 2. The van der Waals surface area contributed by atoms with Crippen LogP contribution in [-0.2, 0) is 9.53 Å². The van der Waals surface area contributed by atoms with Crippen LogP contribution in [0.3, 0.4) is 0 Å². The van der Waals surface area contributed by atoms with E-state index < -0.39 is 24.4 Å². The SMILES string of the molecule is COC(CNC(=O)c1cccc(C(F)F)c1)C(=O)O. The number of methoxy groups -OCH3 is 1. The maximum atomic E-state index is 12.5. The molecule has 104 valence electrons. The van der Waals surface area contributed by atoms with Crippen molar-refractivity contribution in [2.75, 3.05) is 13.7 Å². The van der Waals surface area contributed by atoms with Crippen LogP contribution in [0, 0.1) is 0 Å². The summed E-state index contributed by atoms with van der Waals surface area (Å²) in [7, 11) is 1.20. The third-order valence-electron chi connectivity index (χ3n) is 2.41. The van der Waals surface area contributed by atoms with Crippen molar-refractivity contribution in [2.45, 2.75) is 12.5 Å². The fourth-order valence-electron chi connectivity index (χ4n) is 1.37. The lowest BCUT2D eigenvalue weighted by atomic mass is 10.1. The lowest BCUT2D eigenvalue weighted by Gasteiger charge is -2.11. The molecule has 0 radical (unpaired) electrons. The number of halogens is 2. The number of carbonyl (C=O) groups excluding carboxylic acids is 1. The van der Waals surface area contributed by atoms with Gasteiger partial charge in [0.2, 0.25) is 0 Å². The largest absolute Gasteiger partial charge is 0.479 e. The first-order valence-electron chi connectivity index (χ1n) is 5.37. The monoisotopic (exact) mass is 273 g/mol. The fourth-order valence-corrected chi connectivity index (χ4v) is 1.37. The summed E-state index contributed by atoms with van der Waals surface area (Å²) in [5.41, 5.74) is -0.229. The summed E-state index contributed by atoms with van der Waals surface area (Å²) in [6, 6.07) is 4.96. The normalized spacial score (nSPS) is 12.2. The van der Waals surface area contributed by atoms with Crippen LogP contribution >= 0.6 is 0 Å². The average molecular weight is 273 g/mol. The summed E-state index contributed by atoms with van der Waals surface area (Å²) in [6.45, 7) is -0.246. The smallest absolute Gasteiger partial charge is 0.334 e. The standard InChI is InChI=1S/C12H13F2NO4/c1-19-9(12(17)18)6-15-11(16)8-4-2-3-7(5-8)10(13)14/h2-5,9-10H,6H2,1H3,(H,15,16)(H,17,18). The summed E-state index contributed by atoms with van der Waals surface area (Å²) >= 11 is 0. The van der Waals surface area contributed by atoms with Crippen molar-refractivity contribution in [3.63, 3.8) is 0 Å². The van der Waals surface area contributed by atoms with E-state index in [2.05, 4.69) is 10.1 Å². The van der Waals surface area contributed by atoms with Crippen LogP contribution < -0.4 is 5.32 Å². The molecule has 0 saturated heterocycles. The summed E-state index contributed by atoms with van der Waals surface area (Å²) < 4.78 is 29.5. The van der Waals surface area contributed by atoms with E-state index >= 15 is 0 Å². The minimum absolute atomic E-state index is 0.0399. The van der Waals surface area contributed by atoms with Crippen molar-refractivity contribution in [1.29, 1.82) is 0 Å². The zero-order valence-corrected chi connectivity index (χ0v) is 10.1. The minimum Gasteiger partial charge on any atom is -0.479 e. The van der Waals surface area contributed by atoms with Gasteiger partial charge in [-0.2, -0.15) is 0 Å². The Labute approximate surface area is 108 Å². The van der Waals surface area contributed by atoms with Crippen LogP contribution in [0.5, 0.6) is 0 Å². The molecule has 1 aromatic carbocycles. The molecule has 0 fully saturated rings. The van der Waals surface area contributed by atoms with E-state index in [1.165, 1.54) is 25.3 Å². The van der Waals surface area contributed by atoms with E-state index in [1.807, 2.05) is 0 Å². The number of alkyl halides is 2. The number of hydrogen-bond acceptors (Lipinski definition) is 3. The number of nitrogens with one attached hydrogen (secondary N) is 1. The fraction of sp³-hybridized carbons (Fsp3) is 0.333. The number of ether oxygens (including phenoxy) is 1. The molecule has 0 aliphatic carbocycles. The van der Waals surface area contributed by atoms with E-state index in [1.54, 1.807) is 0 Å². The Morgan fingerprint density at radius 2 is 2.11 bits per heavy atom. The molecule has 0 spiro atoms. The van der Waals surface area contributed by atoms with Gasteiger partial charge in [-0.15, -0.1) is 0 Å². The first kappa shape index (κ1) is 15.0. The molecule has 0 bridgehead atoms. The number of benzene rings is 1. The Morgan fingerprint density at radius 3 is 2.63 bits per heavy atom. The van der Waals surface area contributed by atoms with Crippen molar-refractivity contribution in [1.82, 2.24) is 5.32 Å². The Balaban J connectivity index is 2.68. The van der Waals surface area contributed by atoms with Crippen molar-refractivity contribution in [3.05, 3.63) is 35.4 Å². The second kappa shape index (κ2) is 6.79. The number of aliphatic carboxylic acids is 1. The van der Waals surface area contributed by atoms with Crippen LogP contribution in [-0.4, -0.2) is 36.7 Å². The van der Waals surface area contributed by atoms with Gasteiger partial charge in [0.1, 0.15) is 0 Å². The molecule has 0 aromatic heterocycles. The van der Waals surface area contributed by atoms with Gasteiger partial charge >= 0.3 is 5.97 Å². The molecular weight excluding hydrogens is 260 g/mol. The third kappa shape index (κ3) is 4.29. The molecule has 0 heterocycles. The van der Waals surface area contributed by atoms with Gasteiger partial charge in [-0.1, -0.05) is 12.1 Å². The summed E-state index contributed by atoms with van der Waals surface area (Å²) in [6.07, 6.45) is -3.85. The summed E-state index contributed by atoms with van der Waals surface area (Å²) in [5, 5.41) is 11.0. The van der Waals surface area contributed by atoms with Gasteiger partial charge in [0.05, 0.1) is 6.54 Å². The van der Waals surface area contributed by atoms with Crippen LogP contribution in [0.15, 0.2) is 24.3 Å². The molecule has 0 aliphatic heterocycles. The Kier molecular flexibility index (Phi) is 5.37. The molecule has 1 atom stereocenters. The molecule has 1 unspecified atom stereocenters. The van der Waals surface area contributed by atoms with Gasteiger partial charge in [-0.3, -0.25) is 4.79 Å². The lowest BCUT2D eigenvalue weighted by Crippen LogP contribution is -2.37. The van der Waals surface area contributed by atoms with E-state index in [9.17, 15) is 18.4 Å². The van der Waals surface area contributed by atoms with Crippen molar-refractivity contribution < 1.29 is 28.2 Å². The summed E-state index contributed by atoms with van der Waals surface area (Å²) in [4.78, 5) is 22.3. The van der Waals surface area contributed by atoms with E-state index in [-0.39, 0.29) is 17.7 Å². The van der Waals surface area contributed by atoms with E-state index in [0.29, 0.717) is 0 Å². The Hall–Kier alpha value is -2.02. The highest BCUT2D eigenvalue weighted by Gasteiger charge is 2.18. The van der Waals surface area contributed by atoms with E-state index in [4.69, 9.17) is 5.11 Å². The van der Waals surface area contributed by atoms with Crippen LogP contribution in [0.25, 0.3) is 0 Å². The molecule has 1 rings (SSSR count). The maximum Gasteiger partial charge on any atom is 0.334 e. The predicted octanol–water partition coefficient (Wildman–Crippen LogP) is 1.45. The average Bonchev–Trinajstić information content (AvgIpc) is 2.38. The van der Waals surface area contributed by atoms with E-state index in [0.717, 1.165) is 6.07 Å². The highest BCUT2D eigenvalue weighted by Crippen LogP contribution is 2.19. The molecule has 2 N–H and O–H groups in total. The topological polar surface area (TPSA) is 75.6 Å². The van der Waals surface area contributed by atoms with Gasteiger partial charge in [0.25, 0.3) is 12.3 Å². The van der Waals surface area contributed by atoms with Crippen molar-refractivity contribution in [3.8, 4) is 0 Å². The van der Waals surface area contributed by atoms with Crippen molar-refractivity contribution >= 4 is 11.9 Å².